The zero-order valence-electron chi connectivity index (χ0n) is 15.8. The maximum Gasteiger partial charge on any atom is 0.178 e. The van der Waals surface area contributed by atoms with Crippen molar-refractivity contribution in [3.8, 4) is 6.07 Å². The maximum atomic E-state index is 9.30. The molecule has 0 atom stereocenters. The van der Waals surface area contributed by atoms with Crippen LogP contribution >= 0.6 is 0 Å². The van der Waals surface area contributed by atoms with Crippen LogP contribution in [0.15, 0.2) is 30.5 Å². The minimum atomic E-state index is -0.129. The van der Waals surface area contributed by atoms with Gasteiger partial charge in [-0.05, 0) is 24.3 Å². The lowest BCUT2D eigenvalue weighted by Gasteiger charge is -2.36. The van der Waals surface area contributed by atoms with E-state index >= 15 is 0 Å². The fraction of sp³-hybridized carbons (Fsp3) is 0.421. The summed E-state index contributed by atoms with van der Waals surface area (Å²) >= 11 is 0. The van der Waals surface area contributed by atoms with Crippen molar-refractivity contribution in [2.45, 2.75) is 26.2 Å². The molecule has 0 bridgehead atoms. The van der Waals surface area contributed by atoms with Crippen LogP contribution in [0.25, 0.3) is 5.65 Å². The Morgan fingerprint density at radius 1 is 1.00 bits per heavy atom. The Labute approximate surface area is 158 Å². The summed E-state index contributed by atoms with van der Waals surface area (Å²) < 4.78 is 1.84. The molecule has 1 aliphatic heterocycles. The van der Waals surface area contributed by atoms with E-state index in [-0.39, 0.29) is 5.41 Å². The molecule has 3 aromatic rings. The number of hydrogen-bond acceptors (Lipinski definition) is 7. The van der Waals surface area contributed by atoms with Gasteiger partial charge in [0.1, 0.15) is 17.7 Å². The van der Waals surface area contributed by atoms with Gasteiger partial charge in [0.2, 0.25) is 0 Å². The summed E-state index contributed by atoms with van der Waals surface area (Å²) in [4.78, 5) is 8.80. The molecule has 0 amide bonds. The van der Waals surface area contributed by atoms with Crippen LogP contribution in [0.1, 0.15) is 32.2 Å². The molecule has 8 heteroatoms. The van der Waals surface area contributed by atoms with E-state index in [0.717, 1.165) is 49.3 Å². The minimum absolute atomic E-state index is 0.129. The molecular formula is C19H22N8. The van der Waals surface area contributed by atoms with Gasteiger partial charge in [-0.2, -0.15) is 9.78 Å². The van der Waals surface area contributed by atoms with Gasteiger partial charge in [0.05, 0.1) is 5.56 Å². The Bertz CT molecular complexity index is 1000. The van der Waals surface area contributed by atoms with Crippen LogP contribution in [0.4, 0.5) is 11.6 Å². The van der Waals surface area contributed by atoms with Crippen molar-refractivity contribution in [1.82, 2.24) is 24.8 Å². The summed E-state index contributed by atoms with van der Waals surface area (Å²) in [7, 11) is 0. The van der Waals surface area contributed by atoms with E-state index in [1.165, 1.54) is 0 Å². The third kappa shape index (κ3) is 3.16. The smallest absolute Gasteiger partial charge is 0.178 e. The van der Waals surface area contributed by atoms with Crippen LogP contribution < -0.4 is 9.80 Å². The fourth-order valence-corrected chi connectivity index (χ4v) is 3.30. The SMILES string of the molecule is CC(C)(C)c1nnc2ccc(N3CCN(c4ncccc4C#N)CC3)nn12. The predicted molar refractivity (Wildman–Crippen MR) is 103 cm³/mol. The molecule has 0 spiro atoms. The highest BCUT2D eigenvalue weighted by Gasteiger charge is 2.24. The highest BCUT2D eigenvalue weighted by atomic mass is 15.4. The van der Waals surface area contributed by atoms with Gasteiger partial charge in [-0.15, -0.1) is 15.3 Å². The van der Waals surface area contributed by atoms with Gasteiger partial charge in [0.15, 0.2) is 11.5 Å². The molecule has 4 heterocycles. The molecule has 0 N–H and O–H groups in total. The lowest BCUT2D eigenvalue weighted by atomic mass is 9.96. The summed E-state index contributed by atoms with van der Waals surface area (Å²) in [6.45, 7) is 9.53. The molecule has 0 radical (unpaired) electrons. The molecule has 1 aliphatic rings. The number of nitriles is 1. The Balaban J connectivity index is 1.55. The number of fused-ring (bicyclic) bond motifs is 1. The average Bonchev–Trinajstić information content (AvgIpc) is 3.12. The summed E-state index contributed by atoms with van der Waals surface area (Å²) in [5.74, 6) is 2.52. The van der Waals surface area contributed by atoms with Crippen LogP contribution in [0.5, 0.6) is 0 Å². The maximum absolute atomic E-state index is 9.30. The van der Waals surface area contributed by atoms with E-state index in [0.29, 0.717) is 5.56 Å². The summed E-state index contributed by atoms with van der Waals surface area (Å²) in [5.41, 5.74) is 1.25. The van der Waals surface area contributed by atoms with Crippen molar-refractivity contribution < 1.29 is 0 Å². The molecule has 3 aromatic heterocycles. The van der Waals surface area contributed by atoms with E-state index in [9.17, 15) is 5.26 Å². The average molecular weight is 362 g/mol. The molecule has 0 aromatic carbocycles. The fourth-order valence-electron chi connectivity index (χ4n) is 3.30. The second-order valence-corrected chi connectivity index (χ2v) is 7.70. The summed E-state index contributed by atoms with van der Waals surface area (Å²) in [5, 5.41) is 22.6. The first-order valence-corrected chi connectivity index (χ1v) is 9.05. The summed E-state index contributed by atoms with van der Waals surface area (Å²) in [6, 6.07) is 9.79. The highest BCUT2D eigenvalue weighted by Crippen LogP contribution is 2.23. The van der Waals surface area contributed by atoms with Crippen molar-refractivity contribution >= 4 is 17.3 Å². The first-order chi connectivity index (χ1) is 13.0. The molecule has 1 saturated heterocycles. The third-order valence-electron chi connectivity index (χ3n) is 4.73. The Morgan fingerprint density at radius 2 is 1.74 bits per heavy atom. The molecule has 0 unspecified atom stereocenters. The first-order valence-electron chi connectivity index (χ1n) is 9.05. The van der Waals surface area contributed by atoms with Crippen LogP contribution in [0, 0.1) is 11.3 Å². The minimum Gasteiger partial charge on any atom is -0.352 e. The van der Waals surface area contributed by atoms with Gasteiger partial charge in [-0.3, -0.25) is 0 Å². The first kappa shape index (κ1) is 17.2. The Morgan fingerprint density at radius 3 is 2.44 bits per heavy atom. The van der Waals surface area contributed by atoms with Crippen LogP contribution in [0.2, 0.25) is 0 Å². The largest absolute Gasteiger partial charge is 0.352 e. The molecule has 8 nitrogen and oxygen atoms in total. The normalized spacial score (nSPS) is 15.2. The van der Waals surface area contributed by atoms with Crippen molar-refractivity contribution in [3.63, 3.8) is 0 Å². The molecule has 138 valence electrons. The van der Waals surface area contributed by atoms with Crippen molar-refractivity contribution in [2.75, 3.05) is 36.0 Å². The summed E-state index contributed by atoms with van der Waals surface area (Å²) in [6.07, 6.45) is 1.73. The molecular weight excluding hydrogens is 340 g/mol. The van der Waals surface area contributed by atoms with Crippen molar-refractivity contribution in [3.05, 3.63) is 41.9 Å². The number of aromatic nitrogens is 5. The van der Waals surface area contributed by atoms with Crippen LogP contribution in [-0.4, -0.2) is 51.0 Å². The van der Waals surface area contributed by atoms with E-state index in [1.54, 1.807) is 12.3 Å². The quantitative estimate of drug-likeness (QED) is 0.689. The zero-order chi connectivity index (χ0) is 19.0. The van der Waals surface area contributed by atoms with Gasteiger partial charge in [0, 0.05) is 37.8 Å². The van der Waals surface area contributed by atoms with E-state index in [1.807, 2.05) is 22.7 Å². The zero-order valence-corrected chi connectivity index (χ0v) is 15.8. The van der Waals surface area contributed by atoms with E-state index in [2.05, 4.69) is 51.8 Å². The molecule has 1 fully saturated rings. The van der Waals surface area contributed by atoms with Gasteiger partial charge in [0.25, 0.3) is 0 Å². The van der Waals surface area contributed by atoms with Gasteiger partial charge < -0.3 is 9.80 Å². The molecule has 0 saturated carbocycles. The number of pyridine rings is 1. The van der Waals surface area contributed by atoms with Crippen LogP contribution in [0.3, 0.4) is 0 Å². The molecule has 4 rings (SSSR count). The Kier molecular flexibility index (Phi) is 4.15. The number of anilines is 2. The lowest BCUT2D eigenvalue weighted by Crippen LogP contribution is -2.47. The molecule has 0 aliphatic carbocycles. The van der Waals surface area contributed by atoms with E-state index in [4.69, 9.17) is 5.10 Å². The van der Waals surface area contributed by atoms with Gasteiger partial charge in [-0.1, -0.05) is 20.8 Å². The number of hydrogen-bond donors (Lipinski definition) is 0. The second-order valence-electron chi connectivity index (χ2n) is 7.70. The number of nitrogens with zero attached hydrogens (tertiary/aromatic N) is 8. The monoisotopic (exact) mass is 362 g/mol. The van der Waals surface area contributed by atoms with Crippen molar-refractivity contribution in [2.24, 2.45) is 0 Å². The Hall–Kier alpha value is -3.21. The van der Waals surface area contributed by atoms with Gasteiger partial charge >= 0.3 is 0 Å². The molecule has 27 heavy (non-hydrogen) atoms. The van der Waals surface area contributed by atoms with Gasteiger partial charge in [-0.25, -0.2) is 4.98 Å². The standard InChI is InChI=1S/C19H22N8/c1-19(2,3)18-23-22-15-6-7-16(24-27(15)18)25-9-11-26(12-10-25)17-14(13-20)5-4-8-21-17/h4-8H,9-12H2,1-3H3. The number of piperazine rings is 1. The lowest BCUT2D eigenvalue weighted by molar-refractivity contribution is 0.525. The van der Waals surface area contributed by atoms with Crippen molar-refractivity contribution in [1.29, 1.82) is 5.26 Å². The van der Waals surface area contributed by atoms with Crippen LogP contribution in [-0.2, 0) is 5.41 Å². The predicted octanol–water partition coefficient (Wildman–Crippen LogP) is 2.02. The third-order valence-corrected chi connectivity index (χ3v) is 4.73. The topological polar surface area (TPSA) is 86.2 Å². The second kappa shape index (κ2) is 6.50. The van der Waals surface area contributed by atoms with E-state index < -0.39 is 0 Å². The number of rotatable bonds is 2. The highest BCUT2D eigenvalue weighted by molar-refractivity contribution is 5.55.